The van der Waals surface area contributed by atoms with Crippen LogP contribution >= 0.6 is 11.6 Å². The molecule has 3 fully saturated rings. The van der Waals surface area contributed by atoms with Crippen LogP contribution in [-0.4, -0.2) is 33.2 Å². The number of carbonyl (C=O) groups is 1. The fourth-order valence-corrected chi connectivity index (χ4v) is 4.63. The summed E-state index contributed by atoms with van der Waals surface area (Å²) in [6.07, 6.45) is 8.94. The first kappa shape index (κ1) is 21.2. The Bertz CT molecular complexity index is 1280. The molecule has 3 aromatic rings. The Labute approximate surface area is 193 Å². The molecular weight excluding hydrogens is 451 g/mol. The fraction of sp³-hybridized carbons (Fsp3) is 0.304. The van der Waals surface area contributed by atoms with Crippen LogP contribution in [0.15, 0.2) is 34.9 Å². The molecule has 10 heteroatoms. The largest absolute Gasteiger partial charge is 0.484 e. The van der Waals surface area contributed by atoms with E-state index >= 15 is 0 Å². The van der Waals surface area contributed by atoms with Crippen molar-refractivity contribution in [2.45, 2.75) is 37.1 Å². The van der Waals surface area contributed by atoms with Gasteiger partial charge in [-0.3, -0.25) is 4.79 Å². The molecule has 1 amide bonds. The molecule has 2 bridgehead atoms. The van der Waals surface area contributed by atoms with E-state index in [4.69, 9.17) is 31.9 Å². The summed E-state index contributed by atoms with van der Waals surface area (Å²) in [4.78, 5) is 16.4. The lowest BCUT2D eigenvalue weighted by molar-refractivity contribution is -0.143. The van der Waals surface area contributed by atoms with E-state index in [1.807, 2.05) is 6.92 Å². The van der Waals surface area contributed by atoms with Crippen molar-refractivity contribution >= 4 is 17.5 Å². The van der Waals surface area contributed by atoms with Crippen molar-refractivity contribution in [1.82, 2.24) is 20.5 Å². The molecule has 6 rings (SSSR count). The molecule has 2 aromatic heterocycles. The predicted molar refractivity (Wildman–Crippen MR) is 115 cm³/mol. The van der Waals surface area contributed by atoms with Gasteiger partial charge in [0.05, 0.1) is 16.6 Å². The summed E-state index contributed by atoms with van der Waals surface area (Å²) in [6.45, 7) is 1.61. The van der Waals surface area contributed by atoms with Gasteiger partial charge in [0.1, 0.15) is 17.3 Å². The average molecular weight is 469 g/mol. The molecule has 8 nitrogen and oxygen atoms in total. The Kier molecular flexibility index (Phi) is 4.98. The van der Waals surface area contributed by atoms with E-state index in [1.54, 1.807) is 6.07 Å². The molecular formula is C23H18ClFN4O4. The molecule has 2 heterocycles. The minimum absolute atomic E-state index is 0.00543. The minimum atomic E-state index is -0.602. The van der Waals surface area contributed by atoms with E-state index < -0.39 is 5.82 Å². The van der Waals surface area contributed by atoms with E-state index in [0.29, 0.717) is 36.6 Å². The smallest absolute Gasteiger partial charge is 0.420 e. The van der Waals surface area contributed by atoms with Crippen molar-refractivity contribution in [2.75, 3.05) is 6.61 Å². The Morgan fingerprint density at radius 3 is 2.79 bits per heavy atom. The number of ether oxygens (including phenoxy) is 2. The van der Waals surface area contributed by atoms with Gasteiger partial charge < -0.3 is 19.2 Å². The molecule has 3 aliphatic rings. The van der Waals surface area contributed by atoms with Crippen LogP contribution in [-0.2, 0) is 10.2 Å². The highest BCUT2D eigenvalue weighted by Gasteiger charge is 2.71. The first-order valence-electron chi connectivity index (χ1n) is 10.1. The maximum Gasteiger partial charge on any atom is 0.420 e. The number of aryl methyl sites for hydroxylation is 1. The number of nitrogens with one attached hydrogen (secondary N) is 1. The first-order valence-corrected chi connectivity index (χ1v) is 10.5. The Balaban J connectivity index is 1.13. The molecule has 1 aromatic carbocycles. The van der Waals surface area contributed by atoms with Gasteiger partial charge in [0, 0.05) is 11.6 Å². The van der Waals surface area contributed by atoms with Gasteiger partial charge in [0.25, 0.3) is 5.91 Å². The monoisotopic (exact) mass is 468 g/mol. The quantitative estimate of drug-likeness (QED) is 0.528. The third-order valence-electron chi connectivity index (χ3n) is 5.95. The maximum atomic E-state index is 13.5. The predicted octanol–water partition coefficient (Wildman–Crippen LogP) is 3.71. The van der Waals surface area contributed by atoms with E-state index in [9.17, 15) is 9.18 Å². The summed E-state index contributed by atoms with van der Waals surface area (Å²) in [5, 5.41) is 11.1. The number of rotatable bonds is 7. The Morgan fingerprint density at radius 1 is 1.30 bits per heavy atom. The van der Waals surface area contributed by atoms with Gasteiger partial charge in [-0.15, -0.1) is 11.5 Å². The number of amides is 1. The van der Waals surface area contributed by atoms with Crippen LogP contribution in [0.5, 0.6) is 17.6 Å². The molecule has 0 saturated heterocycles. The third kappa shape index (κ3) is 3.87. The number of aromatic nitrogens is 3. The molecule has 0 radical (unpaired) electrons. The van der Waals surface area contributed by atoms with Crippen LogP contribution in [0.3, 0.4) is 0 Å². The molecule has 0 spiro atoms. The second kappa shape index (κ2) is 7.74. The second-order valence-corrected chi connectivity index (χ2v) is 8.87. The van der Waals surface area contributed by atoms with Gasteiger partial charge >= 0.3 is 6.08 Å². The van der Waals surface area contributed by atoms with Gasteiger partial charge in [0.2, 0.25) is 5.89 Å². The topological polar surface area (TPSA) is 99.4 Å². The number of halogens is 2. The highest BCUT2D eigenvalue weighted by molar-refractivity contribution is 6.30. The van der Waals surface area contributed by atoms with Crippen molar-refractivity contribution in [2.24, 2.45) is 0 Å². The van der Waals surface area contributed by atoms with Crippen molar-refractivity contribution < 1.29 is 23.1 Å². The molecule has 33 heavy (non-hydrogen) atoms. The first-order chi connectivity index (χ1) is 15.8. The summed E-state index contributed by atoms with van der Waals surface area (Å²) < 4.78 is 30.1. The summed E-state index contributed by atoms with van der Waals surface area (Å²) in [6, 6.07) is 5.77. The van der Waals surface area contributed by atoms with Crippen LogP contribution in [0.4, 0.5) is 4.39 Å². The van der Waals surface area contributed by atoms with Crippen LogP contribution < -0.4 is 14.8 Å². The number of pyridine rings is 1. The number of terminal acetylenes is 1. The van der Waals surface area contributed by atoms with E-state index in [2.05, 4.69) is 26.4 Å². The summed E-state index contributed by atoms with van der Waals surface area (Å²) >= 11 is 5.64. The standard InChI is InChI=1S/C23H18ClFN4O4/c1-3-18-13(2)6-15(8-26-18)32-21-29-28-20(33-21)22-10-23(11-22,12-22)27-19(30)9-31-14-4-5-16(24)17(25)7-14/h1,4-8H,9-12H2,2H3,(H,27,30). The Hall–Kier alpha value is -3.64. The van der Waals surface area contributed by atoms with E-state index in [1.165, 1.54) is 18.3 Å². The zero-order valence-corrected chi connectivity index (χ0v) is 18.3. The Morgan fingerprint density at radius 2 is 2.09 bits per heavy atom. The van der Waals surface area contributed by atoms with Crippen molar-refractivity contribution in [3.05, 3.63) is 58.5 Å². The fourth-order valence-electron chi connectivity index (χ4n) is 4.52. The molecule has 168 valence electrons. The van der Waals surface area contributed by atoms with Crippen LogP contribution in [0.25, 0.3) is 0 Å². The van der Waals surface area contributed by atoms with E-state index in [-0.39, 0.29) is 40.3 Å². The number of benzene rings is 1. The molecule has 0 atom stereocenters. The average Bonchev–Trinajstić information content (AvgIpc) is 3.18. The zero-order chi connectivity index (χ0) is 23.2. The van der Waals surface area contributed by atoms with Crippen LogP contribution in [0.1, 0.15) is 36.4 Å². The summed E-state index contributed by atoms with van der Waals surface area (Å²) in [5.41, 5.74) is 0.772. The molecule has 0 aliphatic heterocycles. The van der Waals surface area contributed by atoms with Gasteiger partial charge in [0.15, 0.2) is 12.4 Å². The summed E-state index contributed by atoms with van der Waals surface area (Å²) in [5.74, 6) is 2.77. The van der Waals surface area contributed by atoms with Crippen LogP contribution in [0, 0.1) is 25.1 Å². The highest BCUT2D eigenvalue weighted by Crippen LogP contribution is 2.67. The van der Waals surface area contributed by atoms with Crippen molar-refractivity contribution in [1.29, 1.82) is 0 Å². The number of carbonyl (C=O) groups excluding carboxylic acids is 1. The lowest BCUT2D eigenvalue weighted by atomic mass is 9.39. The normalized spacial score (nSPS) is 22.5. The van der Waals surface area contributed by atoms with Gasteiger partial charge in [-0.05, 0) is 55.9 Å². The van der Waals surface area contributed by atoms with Crippen molar-refractivity contribution in [3.8, 4) is 29.9 Å². The highest BCUT2D eigenvalue weighted by atomic mass is 35.5. The van der Waals surface area contributed by atoms with Crippen LogP contribution in [0.2, 0.25) is 5.02 Å². The SMILES string of the molecule is C#Cc1ncc(Oc2nnc(C34CC(NC(=O)COc5ccc(Cl)c(F)c5)(C3)C4)o2)cc1C. The molecule has 0 unspecified atom stereocenters. The number of nitrogens with zero attached hydrogens (tertiary/aromatic N) is 3. The van der Waals surface area contributed by atoms with Crippen molar-refractivity contribution in [3.63, 3.8) is 0 Å². The van der Waals surface area contributed by atoms with Gasteiger partial charge in [-0.2, -0.15) is 0 Å². The second-order valence-electron chi connectivity index (χ2n) is 8.46. The van der Waals surface area contributed by atoms with Gasteiger partial charge in [-0.1, -0.05) is 16.7 Å². The van der Waals surface area contributed by atoms with Gasteiger partial charge in [-0.25, -0.2) is 9.37 Å². The lowest BCUT2D eigenvalue weighted by Crippen LogP contribution is -2.77. The van der Waals surface area contributed by atoms with E-state index in [0.717, 1.165) is 11.6 Å². The number of hydrogen-bond donors (Lipinski definition) is 1. The molecule has 3 aliphatic carbocycles. The lowest BCUT2D eigenvalue weighted by Gasteiger charge is -2.68. The minimum Gasteiger partial charge on any atom is -0.484 e. The third-order valence-corrected chi connectivity index (χ3v) is 6.26. The summed E-state index contributed by atoms with van der Waals surface area (Å²) in [7, 11) is 0. The molecule has 1 N–H and O–H groups in total. The molecule has 3 saturated carbocycles. The number of hydrogen-bond acceptors (Lipinski definition) is 7. The zero-order valence-electron chi connectivity index (χ0n) is 17.5. The maximum absolute atomic E-state index is 13.5.